The second-order valence-corrected chi connectivity index (χ2v) is 15.1. The Labute approximate surface area is 337 Å². The largest absolute Gasteiger partial charge is 0.456 e. The van der Waals surface area contributed by atoms with Crippen molar-refractivity contribution < 1.29 is 4.74 Å². The summed E-state index contributed by atoms with van der Waals surface area (Å²) in [4.78, 5) is 14.9. The topological polar surface area (TPSA) is 71.7 Å². The molecule has 5 nitrogen and oxygen atoms in total. The Morgan fingerprint density at radius 1 is 0.500 bits per heavy atom. The fraction of sp³-hybridized carbons (Fsp3) is 0.0943. The lowest BCUT2D eigenvalue weighted by Crippen LogP contribution is -2.36. The Morgan fingerprint density at radius 3 is 1.88 bits per heavy atom. The van der Waals surface area contributed by atoms with E-state index in [-0.39, 0.29) is 0 Å². The van der Waals surface area contributed by atoms with Crippen molar-refractivity contribution in [2.24, 2.45) is 0 Å². The zero-order valence-corrected chi connectivity index (χ0v) is 31.7. The van der Waals surface area contributed by atoms with Crippen LogP contribution in [0.25, 0.3) is 61.7 Å². The maximum atomic E-state index is 9.54. The fourth-order valence-electron chi connectivity index (χ4n) is 9.31. The Kier molecular flexibility index (Phi) is 7.97. The smallest absolute Gasteiger partial charge is 0.164 e. The van der Waals surface area contributed by atoms with Gasteiger partial charge < -0.3 is 4.74 Å². The molecular weight excluding hydrogens is 709 g/mol. The number of hydrogen-bond donors (Lipinski definition) is 0. The average Bonchev–Trinajstić information content (AvgIpc) is 3.60. The number of benzene rings is 6. The van der Waals surface area contributed by atoms with Gasteiger partial charge in [0.15, 0.2) is 17.5 Å². The van der Waals surface area contributed by atoms with Crippen molar-refractivity contribution in [2.75, 3.05) is 0 Å². The molecule has 58 heavy (non-hydrogen) atoms. The van der Waals surface area contributed by atoms with Crippen LogP contribution in [0.15, 0.2) is 181 Å². The number of fused-ring (bicyclic) bond motifs is 9. The summed E-state index contributed by atoms with van der Waals surface area (Å²) < 4.78 is 7.06. The Hall–Kier alpha value is -7.42. The minimum atomic E-state index is -0.582. The molecule has 6 aromatic carbocycles. The van der Waals surface area contributed by atoms with E-state index in [1.54, 1.807) is 0 Å². The van der Waals surface area contributed by atoms with E-state index in [1.165, 1.54) is 27.8 Å². The van der Waals surface area contributed by atoms with Crippen LogP contribution in [0.3, 0.4) is 0 Å². The molecule has 1 spiro atoms. The lowest BCUT2D eigenvalue weighted by Gasteiger charge is -2.43. The van der Waals surface area contributed by atoms with E-state index in [0.29, 0.717) is 23.0 Å². The zero-order valence-electron chi connectivity index (χ0n) is 31.7. The molecule has 0 amide bonds. The maximum absolute atomic E-state index is 9.54. The third kappa shape index (κ3) is 5.26. The lowest BCUT2D eigenvalue weighted by molar-refractivity contribution is 0.385. The highest BCUT2D eigenvalue weighted by atomic mass is 16.5. The van der Waals surface area contributed by atoms with Gasteiger partial charge in [0, 0.05) is 33.4 Å². The first-order valence-electron chi connectivity index (χ1n) is 20.0. The van der Waals surface area contributed by atoms with Gasteiger partial charge in [-0.15, -0.1) is 0 Å². The number of para-hydroxylation sites is 1. The highest BCUT2D eigenvalue weighted by molar-refractivity contribution is 5.97. The minimum Gasteiger partial charge on any atom is -0.456 e. The molecule has 0 N–H and O–H groups in total. The lowest BCUT2D eigenvalue weighted by atomic mass is 9.63. The van der Waals surface area contributed by atoms with Crippen molar-refractivity contribution in [1.29, 1.82) is 5.26 Å². The van der Waals surface area contributed by atoms with E-state index in [0.717, 1.165) is 81.7 Å². The third-order valence-electron chi connectivity index (χ3n) is 11.9. The standard InChI is InChI=1S/C53H36N4O/c54-33-34-25-27-35(28-26-34)40-18-11-22-45-48(40)42-17-7-8-20-43(42)53(45)44-21-9-10-24-47(44)58-49-41(19-12-23-46(49)53)36-29-31-39(32-30-36)52-56-50(37-13-3-1-4-14-37)55-51(57-52)38-15-5-2-6-16-38/h1,3-5,7-8,11-32H,2,6,9-10H2. The first-order chi connectivity index (χ1) is 28.7. The van der Waals surface area contributed by atoms with Crippen molar-refractivity contribution in [3.05, 3.63) is 209 Å². The van der Waals surface area contributed by atoms with Crippen LogP contribution in [0.1, 0.15) is 53.8 Å². The predicted molar refractivity (Wildman–Crippen MR) is 230 cm³/mol. The Balaban J connectivity index is 1.07. The fourth-order valence-corrected chi connectivity index (χ4v) is 9.31. The predicted octanol–water partition coefficient (Wildman–Crippen LogP) is 12.5. The van der Waals surface area contributed by atoms with Gasteiger partial charge in [-0.3, -0.25) is 0 Å². The van der Waals surface area contributed by atoms with E-state index >= 15 is 0 Å². The normalized spacial score (nSPS) is 17.1. The number of hydrogen-bond acceptors (Lipinski definition) is 5. The van der Waals surface area contributed by atoms with Gasteiger partial charge in [-0.1, -0.05) is 152 Å². The molecule has 0 saturated carbocycles. The zero-order chi connectivity index (χ0) is 38.6. The molecule has 274 valence electrons. The summed E-state index contributed by atoms with van der Waals surface area (Å²) >= 11 is 0. The molecule has 3 aliphatic carbocycles. The first kappa shape index (κ1) is 33.9. The average molecular weight is 745 g/mol. The molecule has 1 aliphatic heterocycles. The number of aromatic nitrogens is 3. The van der Waals surface area contributed by atoms with Crippen LogP contribution in [-0.4, -0.2) is 15.0 Å². The van der Waals surface area contributed by atoms with Gasteiger partial charge in [0.05, 0.1) is 17.0 Å². The van der Waals surface area contributed by atoms with E-state index in [1.807, 2.05) is 42.5 Å². The van der Waals surface area contributed by atoms with Crippen molar-refractivity contribution in [3.8, 4) is 68.0 Å². The molecule has 4 aliphatic rings. The molecule has 0 fully saturated rings. The first-order valence-corrected chi connectivity index (χ1v) is 20.0. The van der Waals surface area contributed by atoms with Gasteiger partial charge in [0.2, 0.25) is 0 Å². The van der Waals surface area contributed by atoms with Crippen LogP contribution in [0.5, 0.6) is 5.75 Å². The number of allylic oxidation sites excluding steroid dienone is 7. The Morgan fingerprint density at radius 2 is 1.10 bits per heavy atom. The minimum absolute atomic E-state index is 0.582. The van der Waals surface area contributed by atoms with Gasteiger partial charge in [-0.05, 0) is 82.8 Å². The van der Waals surface area contributed by atoms with E-state index in [4.69, 9.17) is 19.7 Å². The monoisotopic (exact) mass is 744 g/mol. The molecule has 5 heteroatoms. The second kappa shape index (κ2) is 13.7. The maximum Gasteiger partial charge on any atom is 0.164 e. The molecule has 1 unspecified atom stereocenters. The molecule has 7 aromatic rings. The van der Waals surface area contributed by atoms with Crippen LogP contribution < -0.4 is 4.74 Å². The highest BCUT2D eigenvalue weighted by Gasteiger charge is 2.53. The molecule has 2 heterocycles. The molecule has 11 rings (SSSR count). The third-order valence-corrected chi connectivity index (χ3v) is 11.9. The summed E-state index contributed by atoms with van der Waals surface area (Å²) in [6.45, 7) is 0. The van der Waals surface area contributed by atoms with Gasteiger partial charge in [0.1, 0.15) is 11.5 Å². The quantitative estimate of drug-likeness (QED) is 0.175. The SMILES string of the molecule is N#Cc1ccc(-c2cccc3c2-c2ccccc2C32C3=CCCC=C3Oc3c(-c4ccc(-c5nc(C6=CCCC=C6)nc(-c6ccccc6)n5)cc4)cccc32)cc1. The number of ether oxygens (including phenoxy) is 1. The molecule has 0 bridgehead atoms. The summed E-state index contributed by atoms with van der Waals surface area (Å²) in [6, 6.07) is 51.0. The summed E-state index contributed by atoms with van der Waals surface area (Å²) in [5.74, 6) is 3.77. The summed E-state index contributed by atoms with van der Waals surface area (Å²) in [7, 11) is 0. The molecule has 1 atom stereocenters. The molecule has 0 saturated heterocycles. The van der Waals surface area contributed by atoms with Crippen molar-refractivity contribution in [3.63, 3.8) is 0 Å². The van der Waals surface area contributed by atoms with E-state index < -0.39 is 5.41 Å². The van der Waals surface area contributed by atoms with Gasteiger partial charge in [-0.2, -0.15) is 5.26 Å². The summed E-state index contributed by atoms with van der Waals surface area (Å²) in [5.41, 5.74) is 14.6. The summed E-state index contributed by atoms with van der Waals surface area (Å²) in [6.07, 6.45) is 15.0. The van der Waals surface area contributed by atoms with Gasteiger partial charge >= 0.3 is 0 Å². The Bertz CT molecular complexity index is 2970. The van der Waals surface area contributed by atoms with Gasteiger partial charge in [0.25, 0.3) is 0 Å². The molecular formula is C53H36N4O. The van der Waals surface area contributed by atoms with Crippen molar-refractivity contribution in [1.82, 2.24) is 15.0 Å². The second-order valence-electron chi connectivity index (χ2n) is 15.1. The van der Waals surface area contributed by atoms with Gasteiger partial charge in [-0.25, -0.2) is 15.0 Å². The van der Waals surface area contributed by atoms with Crippen LogP contribution in [-0.2, 0) is 5.41 Å². The van der Waals surface area contributed by atoms with Crippen LogP contribution in [0, 0.1) is 11.3 Å². The molecule has 0 radical (unpaired) electrons. The van der Waals surface area contributed by atoms with Crippen molar-refractivity contribution >= 4 is 5.57 Å². The van der Waals surface area contributed by atoms with E-state index in [2.05, 4.69) is 134 Å². The van der Waals surface area contributed by atoms with Crippen LogP contribution >= 0.6 is 0 Å². The van der Waals surface area contributed by atoms with Crippen LogP contribution in [0.2, 0.25) is 0 Å². The van der Waals surface area contributed by atoms with E-state index in [9.17, 15) is 5.26 Å². The number of nitriles is 1. The number of rotatable bonds is 5. The number of nitrogens with zero attached hydrogens (tertiary/aromatic N) is 4. The summed E-state index contributed by atoms with van der Waals surface area (Å²) in [5, 5.41) is 9.54. The highest BCUT2D eigenvalue weighted by Crippen LogP contribution is 2.64. The molecule has 1 aromatic heterocycles. The van der Waals surface area contributed by atoms with Crippen LogP contribution in [0.4, 0.5) is 0 Å². The van der Waals surface area contributed by atoms with Crippen molar-refractivity contribution in [2.45, 2.75) is 31.1 Å².